The molecule has 0 aliphatic carbocycles. The fraction of sp³-hybridized carbons (Fsp3) is 1.00. The van der Waals surface area contributed by atoms with Gasteiger partial charge in [0, 0.05) is 19.1 Å². The molecule has 1 atom stereocenters. The molecule has 1 aliphatic rings. The number of ether oxygens (including phenoxy) is 2. The Labute approximate surface area is 68.9 Å². The molecule has 2 heteroatoms. The summed E-state index contributed by atoms with van der Waals surface area (Å²) in [6, 6.07) is 0. The second-order valence-corrected chi connectivity index (χ2v) is 3.13. The third kappa shape index (κ3) is 2.46. The van der Waals surface area contributed by atoms with Crippen LogP contribution in [0.1, 0.15) is 20.3 Å². The molecule has 0 aromatic rings. The van der Waals surface area contributed by atoms with Crippen LogP contribution in [0.3, 0.4) is 0 Å². The minimum atomic E-state index is 0.726. The van der Waals surface area contributed by atoms with E-state index in [1.165, 1.54) is 6.42 Å². The van der Waals surface area contributed by atoms with E-state index in [0.717, 1.165) is 38.3 Å². The molecule has 11 heavy (non-hydrogen) atoms. The Bertz CT molecular complexity index is 99.7. The Morgan fingerprint density at radius 3 is 2.55 bits per heavy atom. The molecule has 1 rings (SSSR count). The Balaban J connectivity index is 2.13. The van der Waals surface area contributed by atoms with Crippen LogP contribution in [0.2, 0.25) is 0 Å². The van der Waals surface area contributed by atoms with Crippen molar-refractivity contribution in [3.63, 3.8) is 0 Å². The molecule has 66 valence electrons. The summed E-state index contributed by atoms with van der Waals surface area (Å²) in [5.74, 6) is 1.50. The highest BCUT2D eigenvalue weighted by molar-refractivity contribution is 4.73. The third-order valence-electron chi connectivity index (χ3n) is 2.39. The van der Waals surface area contributed by atoms with E-state index < -0.39 is 0 Å². The lowest BCUT2D eigenvalue weighted by Gasteiger charge is -2.32. The number of rotatable bonds is 5. The highest BCUT2D eigenvalue weighted by Gasteiger charge is 2.26. The monoisotopic (exact) mass is 158 g/mol. The second-order valence-electron chi connectivity index (χ2n) is 3.13. The van der Waals surface area contributed by atoms with Crippen molar-refractivity contribution in [3.05, 3.63) is 0 Å². The summed E-state index contributed by atoms with van der Waals surface area (Å²) in [5.41, 5.74) is 0. The first-order valence-corrected chi connectivity index (χ1v) is 4.54. The van der Waals surface area contributed by atoms with Gasteiger partial charge in [0.15, 0.2) is 0 Å². The molecule has 0 bridgehead atoms. The minimum Gasteiger partial charge on any atom is -0.381 e. The molecule has 0 amide bonds. The van der Waals surface area contributed by atoms with Gasteiger partial charge in [-0.1, -0.05) is 13.3 Å². The van der Waals surface area contributed by atoms with E-state index in [0.29, 0.717) is 0 Å². The molecule has 0 N–H and O–H groups in total. The van der Waals surface area contributed by atoms with Crippen molar-refractivity contribution in [2.24, 2.45) is 11.8 Å². The van der Waals surface area contributed by atoms with Crippen molar-refractivity contribution >= 4 is 0 Å². The maximum Gasteiger partial charge on any atom is 0.0519 e. The Morgan fingerprint density at radius 2 is 2.18 bits per heavy atom. The maximum absolute atomic E-state index is 5.39. The predicted molar refractivity (Wildman–Crippen MR) is 44.6 cm³/mol. The van der Waals surface area contributed by atoms with Crippen LogP contribution >= 0.6 is 0 Å². The van der Waals surface area contributed by atoms with Gasteiger partial charge in [0.05, 0.1) is 13.2 Å². The fourth-order valence-corrected chi connectivity index (χ4v) is 1.38. The van der Waals surface area contributed by atoms with Gasteiger partial charge in [-0.2, -0.15) is 0 Å². The predicted octanol–water partition coefficient (Wildman–Crippen LogP) is 1.70. The molecule has 0 aromatic heterocycles. The SMILES string of the molecule is CCOCC(CC)C1COC1. The van der Waals surface area contributed by atoms with E-state index >= 15 is 0 Å². The largest absolute Gasteiger partial charge is 0.381 e. The summed E-state index contributed by atoms with van der Waals surface area (Å²) in [6.07, 6.45) is 1.22. The van der Waals surface area contributed by atoms with Gasteiger partial charge in [0.2, 0.25) is 0 Å². The lowest BCUT2D eigenvalue weighted by molar-refractivity contribution is -0.0782. The maximum atomic E-state index is 5.39. The van der Waals surface area contributed by atoms with E-state index in [-0.39, 0.29) is 0 Å². The molecule has 2 nitrogen and oxygen atoms in total. The van der Waals surface area contributed by atoms with E-state index in [1.54, 1.807) is 0 Å². The molecule has 0 spiro atoms. The van der Waals surface area contributed by atoms with Gasteiger partial charge in [-0.05, 0) is 12.8 Å². The molecular weight excluding hydrogens is 140 g/mol. The van der Waals surface area contributed by atoms with Crippen LogP contribution in [0.5, 0.6) is 0 Å². The topological polar surface area (TPSA) is 18.5 Å². The molecule has 0 aromatic carbocycles. The van der Waals surface area contributed by atoms with Crippen LogP contribution in [0.4, 0.5) is 0 Å². The second kappa shape index (κ2) is 4.73. The summed E-state index contributed by atoms with van der Waals surface area (Å²) in [6.45, 7) is 7.92. The average Bonchev–Trinajstić information content (AvgIpc) is 1.93. The number of hydrogen-bond donors (Lipinski definition) is 0. The van der Waals surface area contributed by atoms with Gasteiger partial charge in [-0.3, -0.25) is 0 Å². The van der Waals surface area contributed by atoms with Gasteiger partial charge < -0.3 is 9.47 Å². The average molecular weight is 158 g/mol. The smallest absolute Gasteiger partial charge is 0.0519 e. The zero-order valence-corrected chi connectivity index (χ0v) is 7.51. The lowest BCUT2D eigenvalue weighted by Crippen LogP contribution is -2.36. The first kappa shape index (κ1) is 9.01. The zero-order valence-electron chi connectivity index (χ0n) is 7.51. The molecule has 1 fully saturated rings. The Hall–Kier alpha value is -0.0800. The van der Waals surface area contributed by atoms with Crippen molar-refractivity contribution in [1.29, 1.82) is 0 Å². The van der Waals surface area contributed by atoms with Crippen LogP contribution in [0, 0.1) is 11.8 Å². The summed E-state index contributed by atoms with van der Waals surface area (Å²) in [5, 5.41) is 0. The van der Waals surface area contributed by atoms with Gasteiger partial charge >= 0.3 is 0 Å². The van der Waals surface area contributed by atoms with Crippen molar-refractivity contribution in [3.8, 4) is 0 Å². The van der Waals surface area contributed by atoms with Crippen molar-refractivity contribution in [2.75, 3.05) is 26.4 Å². The normalized spacial score (nSPS) is 21.3. The standard InChI is InChI=1S/C9H18O2/c1-3-8(5-10-4-2)9-6-11-7-9/h8-9H,3-7H2,1-2H3. The summed E-state index contributed by atoms with van der Waals surface area (Å²) < 4.78 is 10.5. The molecule has 0 saturated carbocycles. The van der Waals surface area contributed by atoms with E-state index in [9.17, 15) is 0 Å². The first-order valence-electron chi connectivity index (χ1n) is 4.54. The Morgan fingerprint density at radius 1 is 1.45 bits per heavy atom. The van der Waals surface area contributed by atoms with E-state index in [1.807, 2.05) is 6.92 Å². The summed E-state index contributed by atoms with van der Waals surface area (Å²) >= 11 is 0. The molecule has 1 unspecified atom stereocenters. The molecular formula is C9H18O2. The van der Waals surface area contributed by atoms with Crippen LogP contribution in [-0.2, 0) is 9.47 Å². The molecule has 1 saturated heterocycles. The van der Waals surface area contributed by atoms with Gasteiger partial charge in [-0.25, -0.2) is 0 Å². The van der Waals surface area contributed by atoms with Crippen LogP contribution in [0.15, 0.2) is 0 Å². The van der Waals surface area contributed by atoms with Gasteiger partial charge in [0.1, 0.15) is 0 Å². The highest BCUT2D eigenvalue weighted by Crippen LogP contribution is 2.23. The fourth-order valence-electron chi connectivity index (χ4n) is 1.38. The van der Waals surface area contributed by atoms with E-state index in [2.05, 4.69) is 6.92 Å². The quantitative estimate of drug-likeness (QED) is 0.606. The van der Waals surface area contributed by atoms with Gasteiger partial charge in [0.25, 0.3) is 0 Å². The first-order chi connectivity index (χ1) is 5.38. The summed E-state index contributed by atoms with van der Waals surface area (Å²) in [4.78, 5) is 0. The van der Waals surface area contributed by atoms with Crippen LogP contribution in [0.25, 0.3) is 0 Å². The lowest BCUT2D eigenvalue weighted by atomic mass is 9.89. The van der Waals surface area contributed by atoms with Crippen LogP contribution < -0.4 is 0 Å². The molecule has 0 radical (unpaired) electrons. The minimum absolute atomic E-state index is 0.726. The van der Waals surface area contributed by atoms with Crippen LogP contribution in [-0.4, -0.2) is 26.4 Å². The highest BCUT2D eigenvalue weighted by atomic mass is 16.5. The number of hydrogen-bond acceptors (Lipinski definition) is 2. The van der Waals surface area contributed by atoms with Crippen molar-refractivity contribution in [1.82, 2.24) is 0 Å². The zero-order chi connectivity index (χ0) is 8.10. The van der Waals surface area contributed by atoms with Gasteiger partial charge in [-0.15, -0.1) is 0 Å². The molecule has 1 heterocycles. The van der Waals surface area contributed by atoms with Crippen molar-refractivity contribution < 1.29 is 9.47 Å². The van der Waals surface area contributed by atoms with E-state index in [4.69, 9.17) is 9.47 Å². The van der Waals surface area contributed by atoms with Crippen molar-refractivity contribution in [2.45, 2.75) is 20.3 Å². The third-order valence-corrected chi connectivity index (χ3v) is 2.39. The Kier molecular flexibility index (Phi) is 3.87. The molecule has 1 aliphatic heterocycles. The summed E-state index contributed by atoms with van der Waals surface area (Å²) in [7, 11) is 0.